The Balaban J connectivity index is 1.68. The van der Waals surface area contributed by atoms with E-state index in [9.17, 15) is 9.59 Å². The van der Waals surface area contributed by atoms with Crippen LogP contribution >= 0.6 is 0 Å². The Bertz CT molecular complexity index is 1040. The molecule has 0 spiro atoms. The van der Waals surface area contributed by atoms with Crippen LogP contribution in [0.15, 0.2) is 36.5 Å². The van der Waals surface area contributed by atoms with Crippen LogP contribution in [0.3, 0.4) is 0 Å². The van der Waals surface area contributed by atoms with E-state index in [0.717, 1.165) is 37.3 Å². The third kappa shape index (κ3) is 4.28. The van der Waals surface area contributed by atoms with E-state index in [1.807, 2.05) is 29.2 Å². The molecule has 0 unspecified atom stereocenters. The molecule has 0 aliphatic carbocycles. The number of fused-ring (bicyclic) bond motifs is 1. The summed E-state index contributed by atoms with van der Waals surface area (Å²) in [7, 11) is 1.54. The van der Waals surface area contributed by atoms with E-state index < -0.39 is 0 Å². The lowest BCUT2D eigenvalue weighted by Crippen LogP contribution is -2.35. The Hall–Kier alpha value is -3.29. The minimum Gasteiger partial charge on any atom is -0.491 e. The highest BCUT2D eigenvalue weighted by atomic mass is 16.5. The number of nitrogens with one attached hydrogen (secondary N) is 2. The molecule has 8 nitrogen and oxygen atoms in total. The van der Waals surface area contributed by atoms with Gasteiger partial charge in [-0.3, -0.25) is 14.8 Å². The van der Waals surface area contributed by atoms with Crippen molar-refractivity contribution in [1.29, 1.82) is 5.41 Å². The van der Waals surface area contributed by atoms with Crippen molar-refractivity contribution in [3.63, 3.8) is 0 Å². The van der Waals surface area contributed by atoms with Gasteiger partial charge in [0.1, 0.15) is 11.2 Å². The number of rotatable bonds is 2. The standard InChI is InChI=1S/C23H29N5O3/c1-16-14-28(18-8-11-27(21(24)13-18)23(30)25-2)19-7-6-17(12-20(19)31-15-16)22(29)26-9-4-3-5-10-26/h6-8,11-13,16,24H,3-5,9-10,14-15H2,1-2H3,(H,25,30)/t16-/m1/s1. The van der Waals surface area contributed by atoms with E-state index in [1.165, 1.54) is 18.0 Å². The van der Waals surface area contributed by atoms with Gasteiger partial charge in [0.25, 0.3) is 5.91 Å². The second-order valence-electron chi connectivity index (χ2n) is 8.26. The molecule has 1 fully saturated rings. The van der Waals surface area contributed by atoms with Crippen molar-refractivity contribution in [2.75, 3.05) is 38.2 Å². The summed E-state index contributed by atoms with van der Waals surface area (Å²) in [5.41, 5.74) is 2.39. The fourth-order valence-electron chi connectivity index (χ4n) is 4.16. The normalized spacial score (nSPS) is 18.6. The lowest BCUT2D eigenvalue weighted by Gasteiger charge is -2.28. The number of carbonyl (C=O) groups excluding carboxylic acids is 2. The van der Waals surface area contributed by atoms with Gasteiger partial charge in [-0.1, -0.05) is 6.92 Å². The molecule has 2 N–H and O–H groups in total. The summed E-state index contributed by atoms with van der Waals surface area (Å²) in [6.07, 6.45) is 4.88. The van der Waals surface area contributed by atoms with Crippen LogP contribution in [0.25, 0.3) is 0 Å². The summed E-state index contributed by atoms with van der Waals surface area (Å²) < 4.78 is 7.32. The molecule has 2 aliphatic heterocycles. The van der Waals surface area contributed by atoms with Gasteiger partial charge < -0.3 is 19.9 Å². The molecule has 164 valence electrons. The van der Waals surface area contributed by atoms with Crippen molar-refractivity contribution in [2.45, 2.75) is 26.2 Å². The van der Waals surface area contributed by atoms with Crippen LogP contribution in [-0.2, 0) is 0 Å². The summed E-state index contributed by atoms with van der Waals surface area (Å²) in [5, 5.41) is 10.8. The molecular weight excluding hydrogens is 394 g/mol. The summed E-state index contributed by atoms with van der Waals surface area (Å²) in [6, 6.07) is 8.76. The number of benzene rings is 1. The topological polar surface area (TPSA) is 90.7 Å². The number of pyridine rings is 1. The van der Waals surface area contributed by atoms with Gasteiger partial charge in [-0.15, -0.1) is 0 Å². The average Bonchev–Trinajstić information content (AvgIpc) is 2.97. The first kappa shape index (κ1) is 21.0. The van der Waals surface area contributed by atoms with Crippen LogP contribution in [0.4, 0.5) is 16.2 Å². The monoisotopic (exact) mass is 423 g/mol. The van der Waals surface area contributed by atoms with Crippen molar-refractivity contribution in [2.24, 2.45) is 5.92 Å². The van der Waals surface area contributed by atoms with Gasteiger partial charge in [-0.05, 0) is 43.5 Å². The van der Waals surface area contributed by atoms with Crippen molar-refractivity contribution >= 4 is 23.3 Å². The summed E-state index contributed by atoms with van der Waals surface area (Å²) >= 11 is 0. The molecule has 2 amide bonds. The number of ether oxygens (including phenoxy) is 1. The van der Waals surface area contributed by atoms with Crippen LogP contribution in [-0.4, -0.2) is 54.7 Å². The van der Waals surface area contributed by atoms with Crippen LogP contribution in [0.1, 0.15) is 36.5 Å². The minimum absolute atomic E-state index is 0.0507. The third-order valence-electron chi connectivity index (χ3n) is 5.84. The highest BCUT2D eigenvalue weighted by molar-refractivity contribution is 5.95. The third-order valence-corrected chi connectivity index (χ3v) is 5.84. The first-order valence-corrected chi connectivity index (χ1v) is 10.8. The van der Waals surface area contributed by atoms with Crippen LogP contribution in [0, 0.1) is 11.3 Å². The maximum absolute atomic E-state index is 13.0. The summed E-state index contributed by atoms with van der Waals surface area (Å²) in [6.45, 7) is 4.97. The predicted octanol–water partition coefficient (Wildman–Crippen LogP) is 2.95. The molecule has 1 saturated heterocycles. The summed E-state index contributed by atoms with van der Waals surface area (Å²) in [4.78, 5) is 28.9. The highest BCUT2D eigenvalue weighted by Crippen LogP contribution is 2.37. The smallest absolute Gasteiger partial charge is 0.326 e. The molecule has 0 bridgehead atoms. The number of carbonyl (C=O) groups is 2. The van der Waals surface area contributed by atoms with Crippen molar-refractivity contribution in [1.82, 2.24) is 14.8 Å². The van der Waals surface area contributed by atoms with Crippen molar-refractivity contribution in [3.05, 3.63) is 47.6 Å². The van der Waals surface area contributed by atoms with Gasteiger partial charge in [0.15, 0.2) is 0 Å². The first-order valence-electron chi connectivity index (χ1n) is 10.8. The SMILES string of the molecule is CNC(=O)n1ccc(N2C[C@@H](C)COc3cc(C(=O)N4CCCCC4)ccc32)cc1=N. The molecule has 2 aliphatic rings. The van der Waals surface area contributed by atoms with Crippen molar-refractivity contribution in [3.8, 4) is 5.75 Å². The van der Waals surface area contributed by atoms with E-state index in [2.05, 4.69) is 17.1 Å². The Morgan fingerprint density at radius 1 is 1.13 bits per heavy atom. The van der Waals surface area contributed by atoms with Gasteiger partial charge in [0, 0.05) is 56.1 Å². The van der Waals surface area contributed by atoms with Crippen LogP contribution in [0.2, 0.25) is 0 Å². The maximum atomic E-state index is 13.0. The number of piperidine rings is 1. The van der Waals surface area contributed by atoms with Crippen molar-refractivity contribution < 1.29 is 14.3 Å². The Kier molecular flexibility index (Phi) is 5.97. The van der Waals surface area contributed by atoms with E-state index >= 15 is 0 Å². The van der Waals surface area contributed by atoms with Gasteiger partial charge in [-0.25, -0.2) is 4.79 Å². The zero-order valence-electron chi connectivity index (χ0n) is 18.1. The fraction of sp³-hybridized carbons (Fsp3) is 0.435. The number of aromatic nitrogens is 1. The number of amides is 2. The molecule has 8 heteroatoms. The molecule has 1 aromatic heterocycles. The largest absolute Gasteiger partial charge is 0.491 e. The molecular formula is C23H29N5O3. The zero-order chi connectivity index (χ0) is 22.0. The molecule has 31 heavy (non-hydrogen) atoms. The number of anilines is 2. The minimum atomic E-state index is -0.356. The lowest BCUT2D eigenvalue weighted by atomic mass is 10.1. The Morgan fingerprint density at radius 3 is 2.61 bits per heavy atom. The van der Waals surface area contributed by atoms with Gasteiger partial charge in [-0.2, -0.15) is 0 Å². The molecule has 4 rings (SSSR count). The number of nitrogens with zero attached hydrogens (tertiary/aromatic N) is 3. The van der Waals surface area contributed by atoms with E-state index in [0.29, 0.717) is 24.5 Å². The van der Waals surface area contributed by atoms with Gasteiger partial charge >= 0.3 is 6.03 Å². The van der Waals surface area contributed by atoms with E-state index in [4.69, 9.17) is 10.1 Å². The van der Waals surface area contributed by atoms with E-state index in [-0.39, 0.29) is 23.3 Å². The number of likely N-dealkylation sites (tertiary alicyclic amines) is 1. The molecule has 0 radical (unpaired) electrons. The highest BCUT2D eigenvalue weighted by Gasteiger charge is 2.25. The van der Waals surface area contributed by atoms with Crippen LogP contribution in [0.5, 0.6) is 5.75 Å². The molecule has 3 heterocycles. The summed E-state index contributed by atoms with van der Waals surface area (Å²) in [5.74, 6) is 0.964. The Labute approximate surface area is 181 Å². The fourth-order valence-corrected chi connectivity index (χ4v) is 4.16. The predicted molar refractivity (Wildman–Crippen MR) is 118 cm³/mol. The second kappa shape index (κ2) is 8.83. The van der Waals surface area contributed by atoms with Gasteiger partial charge in [0.05, 0.1) is 12.3 Å². The van der Waals surface area contributed by atoms with Gasteiger partial charge in [0.2, 0.25) is 0 Å². The number of hydrogen-bond donors (Lipinski definition) is 2. The molecule has 1 aromatic carbocycles. The molecule has 0 saturated carbocycles. The second-order valence-corrected chi connectivity index (χ2v) is 8.26. The van der Waals surface area contributed by atoms with Crippen LogP contribution < -0.4 is 20.4 Å². The zero-order valence-corrected chi connectivity index (χ0v) is 18.1. The maximum Gasteiger partial charge on any atom is 0.326 e. The first-order chi connectivity index (χ1) is 15.0. The lowest BCUT2D eigenvalue weighted by molar-refractivity contribution is 0.0724. The molecule has 2 aromatic rings. The number of hydrogen-bond acceptors (Lipinski definition) is 5. The quantitative estimate of drug-likeness (QED) is 0.777. The Morgan fingerprint density at radius 2 is 1.90 bits per heavy atom. The van der Waals surface area contributed by atoms with E-state index in [1.54, 1.807) is 12.3 Å². The average molecular weight is 424 g/mol. The molecule has 1 atom stereocenters.